The van der Waals surface area contributed by atoms with Crippen LogP contribution >= 0.6 is 46.6 Å². The van der Waals surface area contributed by atoms with Crippen LogP contribution in [0.4, 0.5) is 35.1 Å². The standard InChI is InChI=1S/C23H18Cl3F8NOS/c1-11(10-37-5-4-27)35-21(36)14-3-2-12(6-16(14)23(32,33)34)19(28)9-15(22(29,30)31)13-7-17(24)20(26)18(25)8-13/h2-3,6-9,11,15H,4-5,10H2,1H3,(H,35,36)/b19-9-. The van der Waals surface area contributed by atoms with Crippen LogP contribution in [0.3, 0.4) is 0 Å². The molecule has 0 saturated carbocycles. The molecule has 2 atom stereocenters. The van der Waals surface area contributed by atoms with Gasteiger partial charge in [-0.05, 0) is 42.8 Å². The number of carbonyl (C=O) groups excluding carboxylic acids is 1. The summed E-state index contributed by atoms with van der Waals surface area (Å²) in [6.45, 7) is 0.886. The quantitative estimate of drug-likeness (QED) is 0.173. The molecule has 0 aromatic heterocycles. The molecule has 204 valence electrons. The highest BCUT2D eigenvalue weighted by Gasteiger charge is 2.41. The Hall–Kier alpha value is -1.69. The van der Waals surface area contributed by atoms with Gasteiger partial charge >= 0.3 is 12.4 Å². The van der Waals surface area contributed by atoms with Crippen molar-refractivity contribution in [1.82, 2.24) is 5.32 Å². The third-order valence-electron chi connectivity index (χ3n) is 4.84. The number of carbonyl (C=O) groups is 1. The molecule has 0 fully saturated rings. The lowest BCUT2D eigenvalue weighted by atomic mass is 9.95. The number of halogens is 11. The summed E-state index contributed by atoms with van der Waals surface area (Å²) < 4.78 is 109. The lowest BCUT2D eigenvalue weighted by Crippen LogP contribution is -2.35. The van der Waals surface area contributed by atoms with Crippen molar-refractivity contribution in [3.8, 4) is 0 Å². The van der Waals surface area contributed by atoms with Crippen LogP contribution in [-0.4, -0.2) is 36.3 Å². The molecule has 0 spiro atoms. The molecule has 37 heavy (non-hydrogen) atoms. The molecule has 0 aliphatic rings. The van der Waals surface area contributed by atoms with E-state index in [2.05, 4.69) is 5.32 Å². The minimum atomic E-state index is -5.13. The van der Waals surface area contributed by atoms with Crippen LogP contribution in [0.15, 0.2) is 36.4 Å². The molecule has 2 unspecified atom stereocenters. The molecule has 2 aromatic carbocycles. The van der Waals surface area contributed by atoms with Crippen LogP contribution < -0.4 is 5.32 Å². The number of benzene rings is 2. The normalized spacial score (nSPS) is 14.4. The van der Waals surface area contributed by atoms with E-state index >= 15 is 0 Å². The van der Waals surface area contributed by atoms with Gasteiger partial charge in [-0.15, -0.1) is 0 Å². The monoisotopic (exact) mass is 613 g/mol. The molecule has 1 N–H and O–H groups in total. The number of alkyl halides is 7. The fraction of sp³-hybridized carbons (Fsp3) is 0.348. The lowest BCUT2D eigenvalue weighted by molar-refractivity contribution is -0.140. The highest BCUT2D eigenvalue weighted by Crippen LogP contribution is 2.42. The molecule has 1 amide bonds. The lowest BCUT2D eigenvalue weighted by Gasteiger charge is -2.19. The third kappa shape index (κ3) is 8.66. The van der Waals surface area contributed by atoms with Crippen LogP contribution in [0.1, 0.15) is 39.9 Å². The van der Waals surface area contributed by atoms with Crippen LogP contribution in [-0.2, 0) is 6.18 Å². The first-order valence-corrected chi connectivity index (χ1v) is 12.6. The smallest absolute Gasteiger partial charge is 0.349 e. The Morgan fingerprint density at radius 3 is 2.16 bits per heavy atom. The molecule has 2 aromatic rings. The zero-order valence-electron chi connectivity index (χ0n) is 18.7. The fourth-order valence-corrected chi connectivity index (χ4v) is 4.49. The van der Waals surface area contributed by atoms with Crippen LogP contribution in [0, 0.1) is 0 Å². The second-order valence-corrected chi connectivity index (χ2v) is 10.1. The van der Waals surface area contributed by atoms with E-state index < -0.39 is 65.0 Å². The van der Waals surface area contributed by atoms with Gasteiger partial charge in [0.2, 0.25) is 0 Å². The van der Waals surface area contributed by atoms with Gasteiger partial charge in [-0.25, -0.2) is 4.39 Å². The van der Waals surface area contributed by atoms with Crippen molar-refractivity contribution >= 4 is 58.3 Å². The summed E-state index contributed by atoms with van der Waals surface area (Å²) in [6.07, 6.45) is -10.1. The van der Waals surface area contributed by atoms with Gasteiger partial charge in [0.25, 0.3) is 5.91 Å². The van der Waals surface area contributed by atoms with E-state index in [1.807, 2.05) is 0 Å². The second-order valence-electron chi connectivity index (χ2n) is 7.73. The number of allylic oxidation sites excluding steroid dienone is 1. The van der Waals surface area contributed by atoms with Crippen molar-refractivity contribution in [2.24, 2.45) is 0 Å². The van der Waals surface area contributed by atoms with Gasteiger partial charge in [0.15, 0.2) is 0 Å². The molecule has 0 radical (unpaired) electrons. The highest BCUT2D eigenvalue weighted by atomic mass is 35.5. The van der Waals surface area contributed by atoms with Crippen molar-refractivity contribution in [2.75, 3.05) is 18.2 Å². The summed E-state index contributed by atoms with van der Waals surface area (Å²) in [7, 11) is 0. The van der Waals surface area contributed by atoms with Crippen molar-refractivity contribution in [1.29, 1.82) is 0 Å². The topological polar surface area (TPSA) is 29.1 Å². The third-order valence-corrected chi connectivity index (χ3v) is 7.22. The van der Waals surface area contributed by atoms with E-state index in [0.29, 0.717) is 6.07 Å². The summed E-state index contributed by atoms with van der Waals surface area (Å²) in [5, 5.41) is 1.44. The summed E-state index contributed by atoms with van der Waals surface area (Å²) in [4.78, 5) is 12.4. The first kappa shape index (κ1) is 31.5. The van der Waals surface area contributed by atoms with Crippen molar-refractivity contribution in [2.45, 2.75) is 31.2 Å². The van der Waals surface area contributed by atoms with E-state index in [4.69, 9.17) is 34.8 Å². The summed E-state index contributed by atoms with van der Waals surface area (Å²) in [5.74, 6) is -5.01. The maximum absolute atomic E-state index is 14.9. The molecule has 14 heteroatoms. The van der Waals surface area contributed by atoms with Crippen molar-refractivity contribution in [3.63, 3.8) is 0 Å². The number of thioether (sulfide) groups is 1. The highest BCUT2D eigenvalue weighted by molar-refractivity contribution is 7.99. The minimum Gasteiger partial charge on any atom is -0.349 e. The predicted octanol–water partition coefficient (Wildman–Crippen LogP) is 9.14. The van der Waals surface area contributed by atoms with Crippen molar-refractivity contribution < 1.29 is 39.9 Å². The van der Waals surface area contributed by atoms with Crippen LogP contribution in [0.2, 0.25) is 15.1 Å². The number of hydrogen-bond donors (Lipinski definition) is 1. The molecule has 0 saturated heterocycles. The van der Waals surface area contributed by atoms with Crippen LogP contribution in [0.25, 0.3) is 5.83 Å². The maximum Gasteiger partial charge on any atom is 0.417 e. The van der Waals surface area contributed by atoms with Gasteiger partial charge in [0, 0.05) is 23.1 Å². The molecule has 0 aliphatic carbocycles. The number of rotatable bonds is 9. The Morgan fingerprint density at radius 2 is 1.65 bits per heavy atom. The summed E-state index contributed by atoms with van der Waals surface area (Å²) >= 11 is 18.4. The number of nitrogens with one attached hydrogen (secondary N) is 1. The molecular weight excluding hydrogens is 597 g/mol. The van der Waals surface area contributed by atoms with Gasteiger partial charge in [-0.2, -0.15) is 38.1 Å². The molecule has 0 aliphatic heterocycles. The van der Waals surface area contributed by atoms with Gasteiger partial charge in [0.05, 0.1) is 32.9 Å². The predicted molar refractivity (Wildman–Crippen MR) is 131 cm³/mol. The van der Waals surface area contributed by atoms with Gasteiger partial charge < -0.3 is 5.32 Å². The fourth-order valence-electron chi connectivity index (χ4n) is 3.16. The Bertz CT molecular complexity index is 1130. The molecule has 0 bridgehead atoms. The van der Waals surface area contributed by atoms with E-state index in [1.165, 1.54) is 6.92 Å². The average Bonchev–Trinajstić information content (AvgIpc) is 2.78. The Labute approximate surface area is 226 Å². The van der Waals surface area contributed by atoms with Gasteiger partial charge in [-0.3, -0.25) is 9.18 Å². The van der Waals surface area contributed by atoms with E-state index in [1.54, 1.807) is 0 Å². The first-order valence-electron chi connectivity index (χ1n) is 10.3. The zero-order chi connectivity index (χ0) is 28.1. The molecule has 0 heterocycles. The van der Waals surface area contributed by atoms with E-state index in [-0.39, 0.29) is 38.7 Å². The largest absolute Gasteiger partial charge is 0.417 e. The van der Waals surface area contributed by atoms with Crippen LogP contribution in [0.5, 0.6) is 0 Å². The summed E-state index contributed by atoms with van der Waals surface area (Å²) in [6, 6.07) is 2.69. The van der Waals surface area contributed by atoms with Crippen molar-refractivity contribution in [3.05, 3.63) is 73.7 Å². The Balaban J connectivity index is 2.47. The minimum absolute atomic E-state index is 0.0787. The SMILES string of the molecule is CC(CSCCF)NC(=O)c1ccc(/C(F)=C/C(c2cc(Cl)c(Cl)c(Cl)c2)C(F)(F)F)cc1C(F)(F)F. The van der Waals surface area contributed by atoms with Gasteiger partial charge in [-0.1, -0.05) is 40.9 Å². The van der Waals surface area contributed by atoms with E-state index in [0.717, 1.165) is 30.0 Å². The second kappa shape index (κ2) is 12.9. The molecule has 2 rings (SSSR count). The Kier molecular flexibility index (Phi) is 11.0. The molecule has 2 nitrogen and oxygen atoms in total. The molecular formula is C23H18Cl3F8NOS. The van der Waals surface area contributed by atoms with Gasteiger partial charge in [0.1, 0.15) is 11.7 Å². The zero-order valence-corrected chi connectivity index (χ0v) is 21.8. The first-order chi connectivity index (χ1) is 17.1. The Morgan fingerprint density at radius 1 is 1.05 bits per heavy atom. The number of hydrogen-bond acceptors (Lipinski definition) is 2. The average molecular weight is 615 g/mol. The number of amides is 1. The summed E-state index contributed by atoms with van der Waals surface area (Å²) in [5.41, 5.74) is -3.82. The van der Waals surface area contributed by atoms with E-state index in [9.17, 15) is 39.9 Å². The maximum atomic E-state index is 14.9.